The molecule has 5 heteroatoms. The topological polar surface area (TPSA) is 35.5 Å². The van der Waals surface area contributed by atoms with Crippen LogP contribution in [0.1, 0.15) is 10.4 Å². The number of rotatable bonds is 2. The fraction of sp³-hybridized carbons (Fsp3) is 0.308. The average Bonchev–Trinajstić information content (AvgIpc) is 2.84. The van der Waals surface area contributed by atoms with Gasteiger partial charge in [0, 0.05) is 25.5 Å². The zero-order chi connectivity index (χ0) is 12.5. The second-order valence-electron chi connectivity index (χ2n) is 4.06. The Labute approximate surface area is 117 Å². The smallest absolute Gasteiger partial charge is 0.195 e. The molecule has 1 aliphatic heterocycles. The molecular formula is C13H11BrO3S. The molecule has 1 fully saturated rings. The largest absolute Gasteiger partial charge is 0.376 e. The molecule has 0 N–H and O–H groups in total. The van der Waals surface area contributed by atoms with Crippen LogP contribution in [0.25, 0.3) is 10.1 Å². The van der Waals surface area contributed by atoms with Gasteiger partial charge in [0.25, 0.3) is 0 Å². The van der Waals surface area contributed by atoms with Gasteiger partial charge >= 0.3 is 0 Å². The van der Waals surface area contributed by atoms with Crippen molar-refractivity contribution in [2.45, 2.75) is 6.10 Å². The maximum Gasteiger partial charge on any atom is 0.195 e. The molecule has 1 aromatic heterocycles. The molecule has 1 aliphatic rings. The highest BCUT2D eigenvalue weighted by molar-refractivity contribution is 9.10. The van der Waals surface area contributed by atoms with Gasteiger partial charge in [0.1, 0.15) is 6.10 Å². The molecule has 2 aromatic rings. The van der Waals surface area contributed by atoms with E-state index in [0.717, 1.165) is 20.1 Å². The van der Waals surface area contributed by atoms with Crippen molar-refractivity contribution < 1.29 is 14.3 Å². The van der Waals surface area contributed by atoms with E-state index in [1.807, 2.05) is 23.6 Å². The molecule has 0 amide bonds. The number of carbonyl (C=O) groups excluding carboxylic acids is 1. The number of ketones is 1. The van der Waals surface area contributed by atoms with E-state index in [1.165, 1.54) is 0 Å². The van der Waals surface area contributed by atoms with Crippen LogP contribution in [0.4, 0.5) is 0 Å². The summed E-state index contributed by atoms with van der Waals surface area (Å²) in [6.45, 7) is 1.41. The summed E-state index contributed by atoms with van der Waals surface area (Å²) >= 11 is 5.07. The molecule has 18 heavy (non-hydrogen) atoms. The summed E-state index contributed by atoms with van der Waals surface area (Å²) in [5.41, 5.74) is 0.729. The first kappa shape index (κ1) is 12.3. The highest BCUT2D eigenvalue weighted by atomic mass is 79.9. The van der Waals surface area contributed by atoms with Crippen molar-refractivity contribution >= 4 is 43.1 Å². The van der Waals surface area contributed by atoms with E-state index in [-0.39, 0.29) is 5.78 Å². The third-order valence-electron chi connectivity index (χ3n) is 2.93. The molecule has 0 bridgehead atoms. The van der Waals surface area contributed by atoms with Gasteiger partial charge in [0.15, 0.2) is 5.78 Å². The van der Waals surface area contributed by atoms with Crippen molar-refractivity contribution in [3.05, 3.63) is 33.6 Å². The molecule has 2 heterocycles. The SMILES string of the molecule is O=C(c1csc2c(Br)cccc12)C1COCCO1. The summed E-state index contributed by atoms with van der Waals surface area (Å²) in [6, 6.07) is 5.88. The Morgan fingerprint density at radius 1 is 1.39 bits per heavy atom. The molecule has 0 aliphatic carbocycles. The fourth-order valence-corrected chi connectivity index (χ4v) is 3.64. The number of carbonyl (C=O) groups is 1. The lowest BCUT2D eigenvalue weighted by molar-refractivity contribution is -0.0718. The van der Waals surface area contributed by atoms with Gasteiger partial charge in [-0.05, 0) is 22.0 Å². The van der Waals surface area contributed by atoms with E-state index in [2.05, 4.69) is 15.9 Å². The van der Waals surface area contributed by atoms with Crippen LogP contribution in [0.3, 0.4) is 0 Å². The molecule has 0 radical (unpaired) electrons. The van der Waals surface area contributed by atoms with Crippen LogP contribution in [0.15, 0.2) is 28.1 Å². The highest BCUT2D eigenvalue weighted by Crippen LogP contribution is 2.33. The summed E-state index contributed by atoms with van der Waals surface area (Å²) in [6.07, 6.45) is -0.462. The number of Topliss-reactive ketones (excluding diaryl/α,β-unsaturated/α-hetero) is 1. The van der Waals surface area contributed by atoms with Crippen molar-refractivity contribution in [2.75, 3.05) is 19.8 Å². The Kier molecular flexibility index (Phi) is 3.48. The maximum atomic E-state index is 12.4. The van der Waals surface area contributed by atoms with Crippen molar-refractivity contribution in [3.8, 4) is 0 Å². The minimum Gasteiger partial charge on any atom is -0.376 e. The average molecular weight is 327 g/mol. The lowest BCUT2D eigenvalue weighted by atomic mass is 10.1. The molecule has 1 aromatic carbocycles. The highest BCUT2D eigenvalue weighted by Gasteiger charge is 2.26. The van der Waals surface area contributed by atoms with Gasteiger partial charge in [-0.15, -0.1) is 11.3 Å². The minimum absolute atomic E-state index is 0.0130. The van der Waals surface area contributed by atoms with Crippen LogP contribution in [0, 0.1) is 0 Å². The molecule has 1 atom stereocenters. The predicted octanol–water partition coefficient (Wildman–Crippen LogP) is 3.26. The van der Waals surface area contributed by atoms with Crippen LogP contribution in [0.2, 0.25) is 0 Å². The molecule has 3 nitrogen and oxygen atoms in total. The number of ether oxygens (including phenoxy) is 2. The van der Waals surface area contributed by atoms with E-state index in [0.29, 0.717) is 19.8 Å². The molecular weight excluding hydrogens is 316 g/mol. The Morgan fingerprint density at radius 2 is 2.28 bits per heavy atom. The van der Waals surface area contributed by atoms with Gasteiger partial charge < -0.3 is 9.47 Å². The van der Waals surface area contributed by atoms with Crippen LogP contribution in [0.5, 0.6) is 0 Å². The molecule has 1 unspecified atom stereocenters. The third-order valence-corrected chi connectivity index (χ3v) is 4.88. The quantitative estimate of drug-likeness (QED) is 0.794. The lowest BCUT2D eigenvalue weighted by Crippen LogP contribution is -2.35. The zero-order valence-electron chi connectivity index (χ0n) is 9.52. The standard InChI is InChI=1S/C13H11BrO3S/c14-10-3-1-2-8-9(7-18-13(8)10)12(15)11-6-16-4-5-17-11/h1-3,7,11H,4-6H2. The first-order valence-corrected chi connectivity index (χ1v) is 7.34. The van der Waals surface area contributed by atoms with Gasteiger partial charge in [0.2, 0.25) is 0 Å². The van der Waals surface area contributed by atoms with Gasteiger partial charge in [-0.1, -0.05) is 12.1 Å². The van der Waals surface area contributed by atoms with E-state index in [9.17, 15) is 4.79 Å². The number of hydrogen-bond acceptors (Lipinski definition) is 4. The van der Waals surface area contributed by atoms with Crippen molar-refractivity contribution in [2.24, 2.45) is 0 Å². The number of thiophene rings is 1. The van der Waals surface area contributed by atoms with Gasteiger partial charge in [-0.2, -0.15) is 0 Å². The molecule has 94 valence electrons. The Morgan fingerprint density at radius 3 is 3.06 bits per heavy atom. The van der Waals surface area contributed by atoms with Crippen LogP contribution in [-0.4, -0.2) is 31.7 Å². The zero-order valence-corrected chi connectivity index (χ0v) is 11.9. The minimum atomic E-state index is -0.462. The van der Waals surface area contributed by atoms with Crippen molar-refractivity contribution in [1.29, 1.82) is 0 Å². The van der Waals surface area contributed by atoms with E-state index in [1.54, 1.807) is 11.3 Å². The first-order chi connectivity index (χ1) is 8.77. The van der Waals surface area contributed by atoms with Crippen LogP contribution in [-0.2, 0) is 9.47 Å². The summed E-state index contributed by atoms with van der Waals surface area (Å²) in [4.78, 5) is 12.4. The lowest BCUT2D eigenvalue weighted by Gasteiger charge is -2.21. The van der Waals surface area contributed by atoms with E-state index >= 15 is 0 Å². The second kappa shape index (κ2) is 5.09. The number of benzene rings is 1. The number of fused-ring (bicyclic) bond motifs is 1. The van der Waals surface area contributed by atoms with Gasteiger partial charge in [0.05, 0.1) is 19.8 Å². The first-order valence-electron chi connectivity index (χ1n) is 5.66. The normalized spacial score (nSPS) is 20.2. The Bertz CT molecular complexity index is 587. The summed E-state index contributed by atoms with van der Waals surface area (Å²) in [5.74, 6) is 0.0130. The van der Waals surface area contributed by atoms with E-state index in [4.69, 9.17) is 9.47 Å². The molecule has 1 saturated heterocycles. The Hall–Kier alpha value is -0.750. The fourth-order valence-electron chi connectivity index (χ4n) is 2.03. The van der Waals surface area contributed by atoms with E-state index < -0.39 is 6.10 Å². The van der Waals surface area contributed by atoms with Crippen LogP contribution < -0.4 is 0 Å². The number of hydrogen-bond donors (Lipinski definition) is 0. The maximum absolute atomic E-state index is 12.4. The third kappa shape index (κ3) is 2.12. The Balaban J connectivity index is 1.98. The molecule has 0 spiro atoms. The predicted molar refractivity (Wildman–Crippen MR) is 74.4 cm³/mol. The second-order valence-corrected chi connectivity index (χ2v) is 5.80. The van der Waals surface area contributed by atoms with Gasteiger partial charge in [-0.3, -0.25) is 4.79 Å². The van der Waals surface area contributed by atoms with Crippen molar-refractivity contribution in [1.82, 2.24) is 0 Å². The van der Waals surface area contributed by atoms with Crippen LogP contribution >= 0.6 is 27.3 Å². The summed E-state index contributed by atoms with van der Waals surface area (Å²) in [7, 11) is 0. The monoisotopic (exact) mass is 326 g/mol. The van der Waals surface area contributed by atoms with Crippen molar-refractivity contribution in [3.63, 3.8) is 0 Å². The molecule has 0 saturated carbocycles. The number of halogens is 1. The summed E-state index contributed by atoms with van der Waals surface area (Å²) in [5, 5.41) is 2.88. The summed E-state index contributed by atoms with van der Waals surface area (Å²) < 4.78 is 12.9. The van der Waals surface area contributed by atoms with Gasteiger partial charge in [-0.25, -0.2) is 0 Å². The molecule has 3 rings (SSSR count).